The number of aromatic nitrogens is 1. The van der Waals surface area contributed by atoms with Gasteiger partial charge in [0.25, 0.3) is 10.0 Å². The molecular weight excluding hydrogens is 328 g/mol. The Balaban J connectivity index is 2.47. The monoisotopic (exact) mass is 335 g/mol. The maximum atomic E-state index is 13.2. The predicted octanol–water partition coefficient (Wildman–Crippen LogP) is 2.91. The van der Waals surface area contributed by atoms with Crippen molar-refractivity contribution in [2.75, 3.05) is 10.5 Å². The van der Waals surface area contributed by atoms with Crippen molar-refractivity contribution in [3.8, 4) is 0 Å². The molecule has 0 fully saturated rings. The molecule has 5 nitrogen and oxygen atoms in total. The van der Waals surface area contributed by atoms with Crippen LogP contribution in [0.1, 0.15) is 0 Å². The van der Waals surface area contributed by atoms with Gasteiger partial charge in [0.1, 0.15) is 10.7 Å². The first-order valence-corrected chi connectivity index (χ1v) is 7.42. The molecule has 1 aromatic carbocycles. The van der Waals surface area contributed by atoms with Gasteiger partial charge < -0.3 is 5.73 Å². The number of benzene rings is 1. The summed E-state index contributed by atoms with van der Waals surface area (Å²) >= 11 is 11.6. The SMILES string of the molecule is Nc1cc(S(=O)(=O)Nc2cnccc2Cl)c(Cl)cc1F. The minimum atomic E-state index is -4.06. The van der Waals surface area contributed by atoms with Gasteiger partial charge in [0, 0.05) is 6.20 Å². The molecule has 106 valence electrons. The highest BCUT2D eigenvalue weighted by Crippen LogP contribution is 2.29. The molecule has 0 atom stereocenters. The lowest BCUT2D eigenvalue weighted by Gasteiger charge is -2.11. The summed E-state index contributed by atoms with van der Waals surface area (Å²) in [5.74, 6) is -0.798. The van der Waals surface area contributed by atoms with Gasteiger partial charge in [-0.25, -0.2) is 12.8 Å². The van der Waals surface area contributed by atoms with Crippen LogP contribution in [0.3, 0.4) is 0 Å². The molecule has 1 aromatic heterocycles. The van der Waals surface area contributed by atoms with Gasteiger partial charge in [-0.2, -0.15) is 0 Å². The molecule has 0 saturated heterocycles. The number of pyridine rings is 1. The van der Waals surface area contributed by atoms with Gasteiger partial charge in [-0.3, -0.25) is 9.71 Å². The third kappa shape index (κ3) is 2.95. The Morgan fingerprint density at radius 1 is 1.25 bits per heavy atom. The second-order valence-corrected chi connectivity index (χ2v) is 6.23. The van der Waals surface area contributed by atoms with Gasteiger partial charge >= 0.3 is 0 Å². The summed E-state index contributed by atoms with van der Waals surface area (Å²) in [6.45, 7) is 0. The van der Waals surface area contributed by atoms with E-state index in [0.29, 0.717) is 0 Å². The second-order valence-electron chi connectivity index (χ2n) is 3.77. The third-order valence-corrected chi connectivity index (χ3v) is 4.51. The summed E-state index contributed by atoms with van der Waals surface area (Å²) in [4.78, 5) is 3.40. The third-order valence-electron chi connectivity index (χ3n) is 2.35. The van der Waals surface area contributed by atoms with Crippen molar-refractivity contribution < 1.29 is 12.8 Å². The van der Waals surface area contributed by atoms with Crippen LogP contribution < -0.4 is 10.5 Å². The van der Waals surface area contributed by atoms with Crippen molar-refractivity contribution in [1.29, 1.82) is 0 Å². The molecule has 0 unspecified atom stereocenters. The average molecular weight is 336 g/mol. The summed E-state index contributed by atoms with van der Waals surface area (Å²) < 4.78 is 39.7. The van der Waals surface area contributed by atoms with Crippen LogP contribution in [0.4, 0.5) is 15.8 Å². The van der Waals surface area contributed by atoms with Crippen molar-refractivity contribution in [3.05, 3.63) is 46.5 Å². The molecule has 0 spiro atoms. The molecule has 0 amide bonds. The van der Waals surface area contributed by atoms with Crippen LogP contribution in [0.2, 0.25) is 10.0 Å². The number of nitrogens with zero attached hydrogens (tertiary/aromatic N) is 1. The molecule has 1 heterocycles. The molecule has 2 rings (SSSR count). The van der Waals surface area contributed by atoms with Crippen LogP contribution in [0, 0.1) is 5.82 Å². The molecule has 0 saturated carbocycles. The lowest BCUT2D eigenvalue weighted by Crippen LogP contribution is -2.14. The minimum absolute atomic E-state index is 0.0770. The zero-order valence-corrected chi connectivity index (χ0v) is 12.1. The summed E-state index contributed by atoms with van der Waals surface area (Å²) in [7, 11) is -4.06. The fraction of sp³-hybridized carbons (Fsp3) is 0. The Bertz CT molecular complexity index is 768. The fourth-order valence-corrected chi connectivity index (χ4v) is 3.23. The van der Waals surface area contributed by atoms with E-state index in [4.69, 9.17) is 28.9 Å². The van der Waals surface area contributed by atoms with Crippen molar-refractivity contribution in [3.63, 3.8) is 0 Å². The molecule has 3 N–H and O–H groups in total. The number of anilines is 2. The van der Waals surface area contributed by atoms with Crippen molar-refractivity contribution in [2.24, 2.45) is 0 Å². The number of hydrogen-bond donors (Lipinski definition) is 2. The number of nitrogens with one attached hydrogen (secondary N) is 1. The minimum Gasteiger partial charge on any atom is -0.396 e. The molecule has 9 heteroatoms. The van der Waals surface area contributed by atoms with Gasteiger partial charge in [-0.15, -0.1) is 0 Å². The maximum Gasteiger partial charge on any atom is 0.263 e. The molecule has 0 bridgehead atoms. The van der Waals surface area contributed by atoms with Crippen molar-refractivity contribution in [2.45, 2.75) is 4.90 Å². The summed E-state index contributed by atoms with van der Waals surface area (Å²) in [6.07, 6.45) is 2.64. The lowest BCUT2D eigenvalue weighted by atomic mass is 10.3. The van der Waals surface area contributed by atoms with E-state index in [-0.39, 0.29) is 26.3 Å². The van der Waals surface area contributed by atoms with E-state index in [9.17, 15) is 12.8 Å². The Morgan fingerprint density at radius 3 is 2.60 bits per heavy atom. The number of nitrogens with two attached hydrogens (primary N) is 1. The second kappa shape index (κ2) is 5.43. The number of rotatable bonds is 3. The zero-order valence-electron chi connectivity index (χ0n) is 9.77. The molecule has 0 aliphatic rings. The van der Waals surface area contributed by atoms with Crippen LogP contribution in [-0.2, 0) is 10.0 Å². The number of sulfonamides is 1. The first kappa shape index (κ1) is 14.8. The van der Waals surface area contributed by atoms with Gasteiger partial charge in [-0.05, 0) is 18.2 Å². The highest BCUT2D eigenvalue weighted by atomic mass is 35.5. The lowest BCUT2D eigenvalue weighted by molar-refractivity contribution is 0.600. The Labute approximate surface area is 124 Å². The molecule has 20 heavy (non-hydrogen) atoms. The van der Waals surface area contributed by atoms with Crippen molar-refractivity contribution in [1.82, 2.24) is 4.98 Å². The fourth-order valence-electron chi connectivity index (χ4n) is 1.40. The van der Waals surface area contributed by atoms with Gasteiger partial charge in [0.05, 0.1) is 27.6 Å². The predicted molar refractivity (Wildman–Crippen MR) is 75.9 cm³/mol. The van der Waals surface area contributed by atoms with E-state index >= 15 is 0 Å². The quantitative estimate of drug-likeness (QED) is 0.844. The van der Waals surface area contributed by atoms with E-state index in [2.05, 4.69) is 9.71 Å². The number of hydrogen-bond acceptors (Lipinski definition) is 4. The Morgan fingerprint density at radius 2 is 1.95 bits per heavy atom. The molecular formula is C11H8Cl2FN3O2S. The summed E-state index contributed by atoms with van der Waals surface area (Å²) in [5, 5.41) is -0.126. The summed E-state index contributed by atoms with van der Waals surface area (Å²) in [6, 6.07) is 3.18. The Kier molecular flexibility index (Phi) is 4.03. The normalized spacial score (nSPS) is 11.3. The largest absolute Gasteiger partial charge is 0.396 e. The van der Waals surface area contributed by atoms with Gasteiger partial charge in [-0.1, -0.05) is 23.2 Å². The standard InChI is InChI=1S/C11H8Cl2FN3O2S/c12-6-1-2-16-5-10(6)17-20(18,19)11-4-9(15)8(14)3-7(11)13/h1-5,17H,15H2. The van der Waals surface area contributed by atoms with Crippen LogP contribution >= 0.6 is 23.2 Å². The Hall–Kier alpha value is -1.57. The maximum absolute atomic E-state index is 13.2. The highest BCUT2D eigenvalue weighted by Gasteiger charge is 2.21. The number of nitrogen functional groups attached to an aromatic ring is 1. The first-order valence-electron chi connectivity index (χ1n) is 5.18. The van der Waals surface area contributed by atoms with Crippen LogP contribution in [0.25, 0.3) is 0 Å². The smallest absolute Gasteiger partial charge is 0.263 e. The van der Waals surface area contributed by atoms with E-state index in [1.165, 1.54) is 18.5 Å². The molecule has 2 aromatic rings. The average Bonchev–Trinajstić information content (AvgIpc) is 2.36. The van der Waals surface area contributed by atoms with E-state index in [0.717, 1.165) is 12.1 Å². The zero-order chi connectivity index (χ0) is 14.9. The van der Waals surface area contributed by atoms with E-state index < -0.39 is 15.8 Å². The van der Waals surface area contributed by atoms with Crippen LogP contribution in [-0.4, -0.2) is 13.4 Å². The molecule has 0 aliphatic heterocycles. The topological polar surface area (TPSA) is 85.1 Å². The van der Waals surface area contributed by atoms with Gasteiger partial charge in [0.2, 0.25) is 0 Å². The van der Waals surface area contributed by atoms with E-state index in [1.54, 1.807) is 0 Å². The molecule has 0 radical (unpaired) electrons. The van der Waals surface area contributed by atoms with E-state index in [1.807, 2.05) is 0 Å². The van der Waals surface area contributed by atoms with Crippen LogP contribution in [0.5, 0.6) is 0 Å². The highest BCUT2D eigenvalue weighted by molar-refractivity contribution is 7.92. The summed E-state index contributed by atoms with van der Waals surface area (Å²) in [5.41, 5.74) is 5.10. The van der Waals surface area contributed by atoms with Crippen LogP contribution in [0.15, 0.2) is 35.5 Å². The first-order chi connectivity index (χ1) is 9.31. The van der Waals surface area contributed by atoms with Crippen molar-refractivity contribution >= 4 is 44.6 Å². The number of halogens is 3. The van der Waals surface area contributed by atoms with Gasteiger partial charge in [0.15, 0.2) is 0 Å². The molecule has 0 aliphatic carbocycles.